The topological polar surface area (TPSA) is 92.7 Å². The van der Waals surface area contributed by atoms with E-state index in [2.05, 4.69) is 20.1 Å². The monoisotopic (exact) mass is 451 g/mol. The SMILES string of the molecule is O=c1n2c(nn1[C@H]1C[C@H](Oc3cc(-n4ccnc4)ncn3)C1)CC[C@H]2c1cc(F)cc(F)c1. The van der Waals surface area contributed by atoms with Crippen molar-refractivity contribution < 1.29 is 13.5 Å². The van der Waals surface area contributed by atoms with Crippen LogP contribution in [0.4, 0.5) is 8.78 Å². The number of fused-ring (bicyclic) bond motifs is 1. The summed E-state index contributed by atoms with van der Waals surface area (Å²) >= 11 is 0. The number of aromatic nitrogens is 7. The summed E-state index contributed by atoms with van der Waals surface area (Å²) in [6, 6.07) is 4.60. The lowest BCUT2D eigenvalue weighted by atomic mass is 9.89. The third-order valence-corrected chi connectivity index (χ3v) is 6.23. The van der Waals surface area contributed by atoms with E-state index >= 15 is 0 Å². The molecule has 1 aliphatic carbocycles. The summed E-state index contributed by atoms with van der Waals surface area (Å²) in [7, 11) is 0. The fraction of sp³-hybridized carbons (Fsp3) is 0.318. The van der Waals surface area contributed by atoms with Gasteiger partial charge in [0.1, 0.15) is 42.0 Å². The van der Waals surface area contributed by atoms with Crippen LogP contribution in [0.5, 0.6) is 5.88 Å². The smallest absolute Gasteiger partial charge is 0.346 e. The van der Waals surface area contributed by atoms with E-state index in [0.717, 1.165) is 6.07 Å². The van der Waals surface area contributed by atoms with Crippen molar-refractivity contribution in [2.24, 2.45) is 0 Å². The summed E-state index contributed by atoms with van der Waals surface area (Å²) in [5.41, 5.74) is 0.185. The van der Waals surface area contributed by atoms with Crippen LogP contribution in [0.25, 0.3) is 5.82 Å². The summed E-state index contributed by atoms with van der Waals surface area (Å²) < 4.78 is 38.2. The van der Waals surface area contributed by atoms with E-state index in [-0.39, 0.29) is 17.8 Å². The van der Waals surface area contributed by atoms with Crippen LogP contribution in [0.3, 0.4) is 0 Å². The minimum absolute atomic E-state index is 0.0968. The van der Waals surface area contributed by atoms with Gasteiger partial charge in [0.15, 0.2) is 0 Å². The third-order valence-electron chi connectivity index (χ3n) is 6.23. The highest BCUT2D eigenvalue weighted by Crippen LogP contribution is 2.36. The van der Waals surface area contributed by atoms with E-state index in [0.29, 0.717) is 48.8 Å². The maximum absolute atomic E-state index is 13.7. The van der Waals surface area contributed by atoms with Crippen molar-refractivity contribution in [1.82, 2.24) is 33.9 Å². The lowest BCUT2D eigenvalue weighted by molar-refractivity contribution is 0.0583. The van der Waals surface area contributed by atoms with E-state index in [1.54, 1.807) is 33.9 Å². The van der Waals surface area contributed by atoms with Crippen molar-refractivity contribution in [1.29, 1.82) is 0 Å². The van der Waals surface area contributed by atoms with Crippen LogP contribution in [0, 0.1) is 11.6 Å². The first kappa shape index (κ1) is 19.8. The summed E-state index contributed by atoms with van der Waals surface area (Å²) in [5, 5.41) is 4.51. The van der Waals surface area contributed by atoms with Crippen molar-refractivity contribution in [3.63, 3.8) is 0 Å². The number of hydrogen-bond acceptors (Lipinski definition) is 6. The fourth-order valence-electron chi connectivity index (χ4n) is 4.57. The first-order valence-corrected chi connectivity index (χ1v) is 10.7. The van der Waals surface area contributed by atoms with Crippen LogP contribution >= 0.6 is 0 Å². The molecular formula is C22H19F2N7O2. The molecule has 11 heteroatoms. The Morgan fingerprint density at radius 2 is 1.88 bits per heavy atom. The van der Waals surface area contributed by atoms with Crippen molar-refractivity contribution in [3.8, 4) is 11.7 Å². The van der Waals surface area contributed by atoms with Crippen LogP contribution in [-0.2, 0) is 6.42 Å². The van der Waals surface area contributed by atoms with Crippen LogP contribution in [0.2, 0.25) is 0 Å². The number of imidazole rings is 1. The number of aryl methyl sites for hydroxylation is 1. The summed E-state index contributed by atoms with van der Waals surface area (Å²) in [6.07, 6.45) is 8.80. The Kier molecular flexibility index (Phi) is 4.56. The van der Waals surface area contributed by atoms with Crippen LogP contribution < -0.4 is 10.4 Å². The van der Waals surface area contributed by atoms with Gasteiger partial charge in [-0.2, -0.15) is 5.10 Å². The Hall–Kier alpha value is -3.89. The Morgan fingerprint density at radius 1 is 1.06 bits per heavy atom. The van der Waals surface area contributed by atoms with E-state index in [4.69, 9.17) is 4.74 Å². The predicted molar refractivity (Wildman–Crippen MR) is 111 cm³/mol. The second-order valence-corrected chi connectivity index (χ2v) is 8.32. The van der Waals surface area contributed by atoms with Gasteiger partial charge >= 0.3 is 5.69 Å². The molecule has 1 saturated carbocycles. The van der Waals surface area contributed by atoms with Gasteiger partial charge in [-0.25, -0.2) is 33.2 Å². The van der Waals surface area contributed by atoms with Gasteiger partial charge in [-0.05, 0) is 24.1 Å². The second-order valence-electron chi connectivity index (χ2n) is 8.32. The molecule has 168 valence electrons. The maximum Gasteiger partial charge on any atom is 0.346 e. The summed E-state index contributed by atoms with van der Waals surface area (Å²) in [6.45, 7) is 0. The molecule has 0 amide bonds. The molecule has 4 heterocycles. The molecule has 1 atom stereocenters. The zero-order valence-corrected chi connectivity index (χ0v) is 17.4. The number of rotatable bonds is 5. The van der Waals surface area contributed by atoms with Gasteiger partial charge in [-0.15, -0.1) is 0 Å². The second kappa shape index (κ2) is 7.61. The minimum atomic E-state index is -0.654. The first-order chi connectivity index (χ1) is 16.0. The lowest BCUT2D eigenvalue weighted by Gasteiger charge is -2.34. The van der Waals surface area contributed by atoms with E-state index in [1.807, 2.05) is 0 Å². The number of benzene rings is 1. The molecule has 0 N–H and O–H groups in total. The highest BCUT2D eigenvalue weighted by atomic mass is 19.1. The predicted octanol–water partition coefficient (Wildman–Crippen LogP) is 2.62. The molecular weight excluding hydrogens is 432 g/mol. The number of ether oxygens (including phenoxy) is 1. The Bertz CT molecular complexity index is 1360. The van der Waals surface area contributed by atoms with Gasteiger partial charge in [-0.3, -0.25) is 9.13 Å². The van der Waals surface area contributed by atoms with E-state index < -0.39 is 17.7 Å². The molecule has 6 rings (SSSR count). The normalized spacial score (nSPS) is 21.6. The molecule has 9 nitrogen and oxygen atoms in total. The molecule has 1 aromatic carbocycles. The van der Waals surface area contributed by atoms with Gasteiger partial charge in [-0.1, -0.05) is 0 Å². The molecule has 0 bridgehead atoms. The number of hydrogen-bond donors (Lipinski definition) is 0. The maximum atomic E-state index is 13.7. The lowest BCUT2D eigenvalue weighted by Crippen LogP contribution is -2.41. The zero-order chi connectivity index (χ0) is 22.5. The number of nitrogens with zero attached hydrogens (tertiary/aromatic N) is 7. The molecule has 4 aromatic rings. The Morgan fingerprint density at radius 3 is 2.64 bits per heavy atom. The standard InChI is InChI=1S/C22H19F2N7O2/c23-14-5-13(6-15(24)7-14)18-1-2-19-28-31(22(32)30(18)19)16-8-17(9-16)33-21-10-20(26-11-27-21)29-4-3-25-12-29/h3-7,10-12,16-18H,1-2,8-9H2/t16-,17-,18-/m0/s1. The Labute approximate surface area is 186 Å². The van der Waals surface area contributed by atoms with Crippen molar-refractivity contribution in [2.45, 2.75) is 43.9 Å². The number of halogens is 2. The molecule has 1 fully saturated rings. The molecule has 0 saturated heterocycles. The van der Waals surface area contributed by atoms with Crippen molar-refractivity contribution >= 4 is 0 Å². The van der Waals surface area contributed by atoms with Gasteiger partial charge in [0.05, 0.1) is 12.1 Å². The highest BCUT2D eigenvalue weighted by molar-refractivity contribution is 5.27. The molecule has 33 heavy (non-hydrogen) atoms. The van der Waals surface area contributed by atoms with Crippen LogP contribution in [0.15, 0.2) is 54.1 Å². The van der Waals surface area contributed by atoms with Crippen LogP contribution in [-0.4, -0.2) is 40.0 Å². The molecule has 3 aromatic heterocycles. The first-order valence-electron chi connectivity index (χ1n) is 10.7. The summed E-state index contributed by atoms with van der Waals surface area (Å²) in [4.78, 5) is 25.5. The van der Waals surface area contributed by atoms with Crippen molar-refractivity contribution in [3.05, 3.63) is 82.8 Å². The molecule has 0 unspecified atom stereocenters. The average Bonchev–Trinajstić information content (AvgIpc) is 3.49. The molecule has 0 radical (unpaired) electrons. The van der Waals surface area contributed by atoms with Gasteiger partial charge in [0.25, 0.3) is 0 Å². The zero-order valence-electron chi connectivity index (χ0n) is 17.4. The highest BCUT2D eigenvalue weighted by Gasteiger charge is 2.38. The van der Waals surface area contributed by atoms with E-state index in [9.17, 15) is 13.6 Å². The fourth-order valence-corrected chi connectivity index (χ4v) is 4.57. The molecule has 1 aliphatic heterocycles. The quantitative estimate of drug-likeness (QED) is 0.463. The van der Waals surface area contributed by atoms with Gasteiger partial charge < -0.3 is 4.74 Å². The largest absolute Gasteiger partial charge is 0.474 e. The van der Waals surface area contributed by atoms with Crippen molar-refractivity contribution in [2.75, 3.05) is 0 Å². The van der Waals surface area contributed by atoms with Crippen LogP contribution in [0.1, 0.15) is 42.7 Å². The minimum Gasteiger partial charge on any atom is -0.474 e. The third kappa shape index (κ3) is 3.49. The van der Waals surface area contributed by atoms with Gasteiger partial charge in [0.2, 0.25) is 5.88 Å². The summed E-state index contributed by atoms with van der Waals surface area (Å²) in [5.74, 6) is 0.428. The van der Waals surface area contributed by atoms with Gasteiger partial charge in [0, 0.05) is 43.8 Å². The Balaban J connectivity index is 1.17. The average molecular weight is 451 g/mol. The molecule has 0 spiro atoms. The molecule has 2 aliphatic rings. The van der Waals surface area contributed by atoms with E-state index in [1.165, 1.54) is 23.1 Å².